The normalized spacial score (nSPS) is 15.3. The molecule has 3 aromatic heterocycles. The van der Waals surface area contributed by atoms with Crippen molar-refractivity contribution in [1.29, 1.82) is 0 Å². The monoisotopic (exact) mass is 473 g/mol. The molecule has 35 heavy (non-hydrogen) atoms. The third-order valence-corrected chi connectivity index (χ3v) is 6.56. The van der Waals surface area contributed by atoms with Gasteiger partial charge in [0.05, 0.1) is 18.6 Å². The lowest BCUT2D eigenvalue weighted by molar-refractivity contribution is -0.116. The van der Waals surface area contributed by atoms with Crippen molar-refractivity contribution in [2.45, 2.75) is 64.7 Å². The summed E-state index contributed by atoms with van der Waals surface area (Å²) in [5.74, 6) is 1.90. The third-order valence-electron chi connectivity index (χ3n) is 6.56. The number of imidazole rings is 1. The Balaban J connectivity index is 1.35. The minimum absolute atomic E-state index is 0.0537. The molecule has 1 aliphatic rings. The molecule has 0 saturated carbocycles. The first-order valence-corrected chi connectivity index (χ1v) is 12.4. The van der Waals surface area contributed by atoms with Gasteiger partial charge in [0, 0.05) is 17.9 Å². The number of aryl methyl sites for hydroxylation is 1. The Labute approximate surface area is 204 Å². The molecule has 1 amide bonds. The summed E-state index contributed by atoms with van der Waals surface area (Å²) in [4.78, 5) is 28.6. The van der Waals surface area contributed by atoms with E-state index in [1.165, 1.54) is 38.4 Å². The molecule has 0 saturated heterocycles. The fourth-order valence-electron chi connectivity index (χ4n) is 4.77. The van der Waals surface area contributed by atoms with Gasteiger partial charge >= 0.3 is 0 Å². The van der Waals surface area contributed by atoms with Crippen LogP contribution in [0.2, 0.25) is 0 Å². The van der Waals surface area contributed by atoms with Crippen LogP contribution in [0, 0.1) is 6.92 Å². The number of ether oxygens (including phenoxy) is 1. The summed E-state index contributed by atoms with van der Waals surface area (Å²) in [5, 5.41) is 7.75. The Morgan fingerprint density at radius 3 is 2.69 bits per heavy atom. The van der Waals surface area contributed by atoms with Gasteiger partial charge < -0.3 is 15.0 Å². The number of hydrogen-bond donors (Lipinski definition) is 2. The van der Waals surface area contributed by atoms with Crippen LogP contribution in [0.25, 0.3) is 17.0 Å². The molecule has 1 aromatic carbocycles. The van der Waals surface area contributed by atoms with E-state index in [9.17, 15) is 4.79 Å². The Bertz CT molecular complexity index is 1310. The number of fused-ring (bicyclic) bond motifs is 2. The summed E-state index contributed by atoms with van der Waals surface area (Å²) in [5.41, 5.74) is 4.12. The number of unbranched alkanes of at least 4 members (excludes halogenated alkanes) is 5. The fourth-order valence-corrected chi connectivity index (χ4v) is 4.77. The largest absolute Gasteiger partial charge is 0.494 e. The van der Waals surface area contributed by atoms with E-state index in [1.54, 1.807) is 11.0 Å². The Morgan fingerprint density at radius 2 is 1.86 bits per heavy atom. The van der Waals surface area contributed by atoms with Gasteiger partial charge in [0.25, 0.3) is 0 Å². The van der Waals surface area contributed by atoms with E-state index in [4.69, 9.17) is 9.84 Å². The molecule has 2 N–H and O–H groups in total. The summed E-state index contributed by atoms with van der Waals surface area (Å²) in [6.07, 6.45) is 10.8. The Hall–Kier alpha value is -3.75. The van der Waals surface area contributed by atoms with Gasteiger partial charge in [0.15, 0.2) is 11.5 Å². The number of nitrogens with one attached hydrogen (secondary N) is 2. The number of hydrogen-bond acceptors (Lipinski definition) is 6. The zero-order valence-corrected chi connectivity index (χ0v) is 20.3. The molecule has 0 spiro atoms. The standard InChI is InChI=1S/C26H31N7O2/c1-3-4-5-6-7-8-13-35-19-11-9-18(10-12-19)20-14-21(34)31-25-22(20)17(2)32-33(25)26-23-24(28-15-27-23)29-16-30-26/h9-12,15-16,20H,3-8,13-14H2,1-2H3,(H,31,34)(H,27,28,29,30)/t20-/m0/s1. The first-order valence-electron chi connectivity index (χ1n) is 12.4. The van der Waals surface area contributed by atoms with E-state index in [0.717, 1.165) is 35.6 Å². The summed E-state index contributed by atoms with van der Waals surface area (Å²) >= 11 is 0. The molecule has 4 aromatic rings. The van der Waals surface area contributed by atoms with Crippen molar-refractivity contribution in [1.82, 2.24) is 29.7 Å². The van der Waals surface area contributed by atoms with Gasteiger partial charge in [0.1, 0.15) is 23.4 Å². The lowest BCUT2D eigenvalue weighted by Gasteiger charge is -2.24. The second kappa shape index (κ2) is 10.2. The summed E-state index contributed by atoms with van der Waals surface area (Å²) in [6.45, 7) is 4.93. The number of nitrogens with zero attached hydrogens (tertiary/aromatic N) is 5. The highest BCUT2D eigenvalue weighted by Gasteiger charge is 2.33. The molecule has 0 radical (unpaired) electrons. The number of amides is 1. The van der Waals surface area contributed by atoms with Crippen molar-refractivity contribution >= 4 is 22.9 Å². The first-order chi connectivity index (χ1) is 17.2. The molecule has 1 atom stereocenters. The van der Waals surface area contributed by atoms with Crippen LogP contribution < -0.4 is 10.1 Å². The van der Waals surface area contributed by atoms with Gasteiger partial charge in [-0.1, -0.05) is 51.2 Å². The van der Waals surface area contributed by atoms with Crippen LogP contribution in [0.3, 0.4) is 0 Å². The molecule has 4 heterocycles. The lowest BCUT2D eigenvalue weighted by Crippen LogP contribution is -2.25. The second-order valence-electron chi connectivity index (χ2n) is 9.05. The predicted molar refractivity (Wildman–Crippen MR) is 134 cm³/mol. The number of aromatic amines is 1. The maximum atomic E-state index is 12.7. The van der Waals surface area contributed by atoms with Crippen LogP contribution in [-0.2, 0) is 4.79 Å². The highest BCUT2D eigenvalue weighted by molar-refractivity contribution is 5.95. The van der Waals surface area contributed by atoms with Crippen LogP contribution >= 0.6 is 0 Å². The third kappa shape index (κ3) is 4.76. The van der Waals surface area contributed by atoms with E-state index < -0.39 is 0 Å². The van der Waals surface area contributed by atoms with Gasteiger partial charge in [-0.05, 0) is 31.0 Å². The Kier molecular flexibility index (Phi) is 6.74. The summed E-state index contributed by atoms with van der Waals surface area (Å²) in [6, 6.07) is 8.10. The number of carbonyl (C=O) groups excluding carboxylic acids is 1. The van der Waals surface area contributed by atoms with Crippen LogP contribution in [0.1, 0.15) is 74.6 Å². The molecule has 9 heteroatoms. The average Bonchev–Trinajstić information content (AvgIpc) is 3.48. The number of rotatable bonds is 10. The highest BCUT2D eigenvalue weighted by Crippen LogP contribution is 2.40. The number of anilines is 1. The van der Waals surface area contributed by atoms with E-state index in [0.29, 0.717) is 29.2 Å². The second-order valence-corrected chi connectivity index (χ2v) is 9.05. The molecule has 182 valence electrons. The highest BCUT2D eigenvalue weighted by atomic mass is 16.5. The van der Waals surface area contributed by atoms with Crippen LogP contribution in [-0.4, -0.2) is 42.2 Å². The fraction of sp³-hybridized carbons (Fsp3) is 0.423. The number of aromatic nitrogens is 6. The minimum Gasteiger partial charge on any atom is -0.494 e. The van der Waals surface area contributed by atoms with Crippen LogP contribution in [0.5, 0.6) is 5.75 Å². The van der Waals surface area contributed by atoms with Gasteiger partial charge in [-0.2, -0.15) is 9.78 Å². The molecule has 0 aliphatic carbocycles. The predicted octanol–water partition coefficient (Wildman–Crippen LogP) is 5.06. The van der Waals surface area contributed by atoms with E-state index in [1.807, 2.05) is 19.1 Å². The summed E-state index contributed by atoms with van der Waals surface area (Å²) in [7, 11) is 0. The van der Waals surface area contributed by atoms with Crippen molar-refractivity contribution in [3.63, 3.8) is 0 Å². The van der Waals surface area contributed by atoms with Gasteiger partial charge in [-0.15, -0.1) is 0 Å². The zero-order chi connectivity index (χ0) is 24.2. The molecular formula is C26H31N7O2. The van der Waals surface area contributed by atoms with E-state index >= 15 is 0 Å². The smallest absolute Gasteiger partial charge is 0.226 e. The quantitative estimate of drug-likeness (QED) is 0.312. The van der Waals surface area contributed by atoms with Gasteiger partial charge in [-0.25, -0.2) is 15.0 Å². The average molecular weight is 474 g/mol. The van der Waals surface area contributed by atoms with Crippen molar-refractivity contribution in [3.05, 3.63) is 53.7 Å². The Morgan fingerprint density at radius 1 is 1.06 bits per heavy atom. The molecule has 0 bridgehead atoms. The van der Waals surface area contributed by atoms with Crippen LogP contribution in [0.4, 0.5) is 5.82 Å². The summed E-state index contributed by atoms with van der Waals surface area (Å²) < 4.78 is 7.62. The molecule has 0 unspecified atom stereocenters. The zero-order valence-electron chi connectivity index (χ0n) is 20.3. The van der Waals surface area contributed by atoms with Gasteiger partial charge in [0.2, 0.25) is 5.91 Å². The van der Waals surface area contributed by atoms with Crippen molar-refractivity contribution < 1.29 is 9.53 Å². The van der Waals surface area contributed by atoms with Crippen molar-refractivity contribution in [3.8, 4) is 11.6 Å². The molecule has 0 fully saturated rings. The first kappa shape index (κ1) is 23.0. The topological polar surface area (TPSA) is 111 Å². The number of benzene rings is 1. The van der Waals surface area contributed by atoms with Crippen molar-refractivity contribution in [2.24, 2.45) is 0 Å². The molecule has 1 aliphatic heterocycles. The maximum absolute atomic E-state index is 12.7. The lowest BCUT2D eigenvalue weighted by atomic mass is 9.86. The minimum atomic E-state index is -0.0980. The SMILES string of the molecule is CCCCCCCCOc1ccc([C@@H]2CC(=O)Nc3c2c(C)nn3-c2ncnc3nc[nH]c23)cc1. The van der Waals surface area contributed by atoms with E-state index in [-0.39, 0.29) is 11.8 Å². The van der Waals surface area contributed by atoms with Gasteiger partial charge in [-0.3, -0.25) is 4.79 Å². The van der Waals surface area contributed by atoms with Crippen LogP contribution in [0.15, 0.2) is 36.9 Å². The maximum Gasteiger partial charge on any atom is 0.226 e. The van der Waals surface area contributed by atoms with E-state index in [2.05, 4.69) is 44.3 Å². The van der Waals surface area contributed by atoms with Crippen molar-refractivity contribution in [2.75, 3.05) is 11.9 Å². The number of carbonyl (C=O) groups is 1. The molecule has 9 nitrogen and oxygen atoms in total. The number of H-pyrrole nitrogens is 1. The molecule has 5 rings (SSSR count). The molecular weight excluding hydrogens is 442 g/mol.